The number of ether oxygens (including phenoxy) is 1. The van der Waals surface area contributed by atoms with Gasteiger partial charge in [0.05, 0.1) is 11.9 Å². The largest absolute Gasteiger partial charge is 0.500 e. The van der Waals surface area contributed by atoms with Crippen molar-refractivity contribution < 1.29 is 23.1 Å². The summed E-state index contributed by atoms with van der Waals surface area (Å²) in [6.45, 7) is 4.15. The Bertz CT molecular complexity index is 441. The minimum Gasteiger partial charge on any atom is -0.500 e. The zero-order valence-electron chi connectivity index (χ0n) is 9.22. The van der Waals surface area contributed by atoms with E-state index in [0.717, 1.165) is 0 Å². The second kappa shape index (κ2) is 5.51. The monoisotopic (exact) mass is 247 g/mol. The number of carbonyl (C=O) groups is 1. The summed E-state index contributed by atoms with van der Waals surface area (Å²) in [6.07, 6.45) is 0. The SMILES string of the molecule is CCOC(=O)C(O)=C(C#N)S(=O)(=O)C(C)C. The maximum absolute atomic E-state index is 11.6. The van der Waals surface area contributed by atoms with Gasteiger partial charge in [0.25, 0.3) is 0 Å². The summed E-state index contributed by atoms with van der Waals surface area (Å²) < 4.78 is 27.5. The molecule has 0 unspecified atom stereocenters. The van der Waals surface area contributed by atoms with Crippen molar-refractivity contribution >= 4 is 15.8 Å². The number of esters is 1. The summed E-state index contributed by atoms with van der Waals surface area (Å²) in [7, 11) is -3.98. The Balaban J connectivity index is 5.55. The number of sulfone groups is 1. The number of nitrogens with zero attached hydrogens (tertiary/aromatic N) is 1. The Kier molecular flexibility index (Phi) is 4.98. The lowest BCUT2D eigenvalue weighted by Gasteiger charge is -2.07. The van der Waals surface area contributed by atoms with Gasteiger partial charge in [-0.05, 0) is 20.8 Å². The van der Waals surface area contributed by atoms with Crippen LogP contribution in [-0.4, -0.2) is 31.4 Å². The van der Waals surface area contributed by atoms with Crippen LogP contribution in [0.3, 0.4) is 0 Å². The zero-order valence-corrected chi connectivity index (χ0v) is 10.0. The minimum absolute atomic E-state index is 0.0245. The van der Waals surface area contributed by atoms with E-state index in [-0.39, 0.29) is 6.61 Å². The molecule has 16 heavy (non-hydrogen) atoms. The van der Waals surface area contributed by atoms with E-state index in [1.54, 1.807) is 0 Å². The topological polar surface area (TPSA) is 104 Å². The number of allylic oxidation sites excluding steroid dienone is 1. The van der Waals surface area contributed by atoms with Crippen molar-refractivity contribution in [2.75, 3.05) is 6.61 Å². The molecule has 0 atom stereocenters. The van der Waals surface area contributed by atoms with Crippen molar-refractivity contribution in [3.63, 3.8) is 0 Å². The van der Waals surface area contributed by atoms with Gasteiger partial charge >= 0.3 is 5.97 Å². The van der Waals surface area contributed by atoms with Gasteiger partial charge in [-0.2, -0.15) is 5.26 Å². The Labute approximate surface area is 94.1 Å². The molecule has 0 bridgehead atoms. The maximum atomic E-state index is 11.6. The molecule has 0 saturated carbocycles. The second-order valence-electron chi connectivity index (χ2n) is 3.10. The molecule has 0 radical (unpaired) electrons. The Morgan fingerprint density at radius 1 is 1.50 bits per heavy atom. The summed E-state index contributed by atoms with van der Waals surface area (Å²) in [6, 6.07) is 1.30. The van der Waals surface area contributed by atoms with Crippen LogP contribution in [0.15, 0.2) is 10.7 Å². The Hall–Kier alpha value is -1.55. The fourth-order valence-corrected chi connectivity index (χ4v) is 1.73. The summed E-state index contributed by atoms with van der Waals surface area (Å²) in [4.78, 5) is 10.1. The van der Waals surface area contributed by atoms with E-state index >= 15 is 0 Å². The first-order valence-electron chi connectivity index (χ1n) is 4.53. The lowest BCUT2D eigenvalue weighted by Crippen LogP contribution is -2.20. The molecule has 0 rings (SSSR count). The van der Waals surface area contributed by atoms with Gasteiger partial charge in [0.1, 0.15) is 6.07 Å². The summed E-state index contributed by atoms with van der Waals surface area (Å²) in [5, 5.41) is 17.0. The van der Waals surface area contributed by atoms with Crippen molar-refractivity contribution in [3.8, 4) is 6.07 Å². The van der Waals surface area contributed by atoms with Crippen LogP contribution in [0.4, 0.5) is 0 Å². The third kappa shape index (κ3) is 2.97. The fourth-order valence-electron chi connectivity index (χ4n) is 0.779. The molecule has 0 aliphatic heterocycles. The number of nitriles is 1. The predicted octanol–water partition coefficient (Wildman–Crippen LogP) is 0.666. The van der Waals surface area contributed by atoms with Crippen LogP contribution in [0.2, 0.25) is 0 Å². The molecule has 90 valence electrons. The summed E-state index contributed by atoms with van der Waals surface area (Å²) in [5.74, 6) is -2.39. The van der Waals surface area contributed by atoms with E-state index < -0.39 is 31.7 Å². The van der Waals surface area contributed by atoms with Crippen molar-refractivity contribution in [2.45, 2.75) is 26.0 Å². The first kappa shape index (κ1) is 14.5. The van der Waals surface area contributed by atoms with Gasteiger partial charge in [-0.25, -0.2) is 13.2 Å². The third-order valence-electron chi connectivity index (χ3n) is 1.69. The normalized spacial score (nSPS) is 12.9. The van der Waals surface area contributed by atoms with Gasteiger partial charge in [-0.15, -0.1) is 0 Å². The van der Waals surface area contributed by atoms with Gasteiger partial charge in [0.2, 0.25) is 5.76 Å². The third-order valence-corrected chi connectivity index (χ3v) is 3.79. The average molecular weight is 247 g/mol. The van der Waals surface area contributed by atoms with Crippen molar-refractivity contribution in [1.29, 1.82) is 5.26 Å². The van der Waals surface area contributed by atoms with E-state index in [0.29, 0.717) is 0 Å². The molecule has 0 aromatic rings. The summed E-state index contributed by atoms with van der Waals surface area (Å²) in [5.41, 5.74) is 0. The van der Waals surface area contributed by atoms with Crippen molar-refractivity contribution in [1.82, 2.24) is 0 Å². The van der Waals surface area contributed by atoms with Crippen molar-refractivity contribution in [2.24, 2.45) is 0 Å². The maximum Gasteiger partial charge on any atom is 0.375 e. The number of rotatable bonds is 4. The molecular weight excluding hydrogens is 234 g/mol. The fraction of sp³-hybridized carbons (Fsp3) is 0.556. The first-order valence-corrected chi connectivity index (χ1v) is 6.08. The number of carbonyl (C=O) groups excluding carboxylic acids is 1. The van der Waals surface area contributed by atoms with Crippen molar-refractivity contribution in [3.05, 3.63) is 10.7 Å². The molecule has 0 amide bonds. The molecule has 1 N–H and O–H groups in total. The lowest BCUT2D eigenvalue weighted by atomic mass is 10.4. The summed E-state index contributed by atoms with van der Waals surface area (Å²) >= 11 is 0. The number of aliphatic hydroxyl groups excluding tert-OH is 1. The number of hydrogen-bond donors (Lipinski definition) is 1. The molecule has 0 saturated heterocycles. The van der Waals surface area contributed by atoms with Crippen LogP contribution < -0.4 is 0 Å². The highest BCUT2D eigenvalue weighted by molar-refractivity contribution is 7.96. The average Bonchev–Trinajstić information content (AvgIpc) is 2.18. The molecule has 0 heterocycles. The van der Waals surface area contributed by atoms with Crippen LogP contribution in [0.1, 0.15) is 20.8 Å². The standard InChI is InChI=1S/C9H13NO5S/c1-4-15-9(12)8(11)7(5-10)16(13,14)6(2)3/h6,11H,4H2,1-3H3. The van der Waals surface area contributed by atoms with Gasteiger partial charge in [-0.3, -0.25) is 0 Å². The smallest absolute Gasteiger partial charge is 0.375 e. The second-order valence-corrected chi connectivity index (χ2v) is 5.54. The van der Waals surface area contributed by atoms with E-state index in [9.17, 15) is 18.3 Å². The van der Waals surface area contributed by atoms with Crippen LogP contribution in [0.25, 0.3) is 0 Å². The number of hydrogen-bond acceptors (Lipinski definition) is 6. The van der Waals surface area contributed by atoms with Crippen LogP contribution in [-0.2, 0) is 19.4 Å². The Morgan fingerprint density at radius 2 is 2.00 bits per heavy atom. The van der Waals surface area contributed by atoms with Gasteiger partial charge in [0.15, 0.2) is 14.7 Å². The molecule has 0 aromatic heterocycles. The van der Waals surface area contributed by atoms with Crippen LogP contribution >= 0.6 is 0 Å². The molecule has 0 aromatic carbocycles. The van der Waals surface area contributed by atoms with E-state index in [1.807, 2.05) is 0 Å². The highest BCUT2D eigenvalue weighted by Gasteiger charge is 2.29. The zero-order chi connectivity index (χ0) is 12.9. The highest BCUT2D eigenvalue weighted by Crippen LogP contribution is 2.16. The van der Waals surface area contributed by atoms with E-state index in [1.165, 1.54) is 26.8 Å². The highest BCUT2D eigenvalue weighted by atomic mass is 32.2. The van der Waals surface area contributed by atoms with Gasteiger partial charge in [0, 0.05) is 0 Å². The quantitative estimate of drug-likeness (QED) is 0.339. The minimum atomic E-state index is -3.98. The molecule has 0 spiro atoms. The molecule has 0 aliphatic carbocycles. The van der Waals surface area contributed by atoms with E-state index in [2.05, 4.69) is 4.74 Å². The molecule has 0 aliphatic rings. The Morgan fingerprint density at radius 3 is 2.31 bits per heavy atom. The number of aliphatic hydroxyl groups is 1. The molecular formula is C9H13NO5S. The molecule has 0 fully saturated rings. The molecule has 6 nitrogen and oxygen atoms in total. The van der Waals surface area contributed by atoms with Gasteiger partial charge < -0.3 is 9.84 Å². The predicted molar refractivity (Wildman–Crippen MR) is 56.0 cm³/mol. The van der Waals surface area contributed by atoms with Crippen LogP contribution in [0.5, 0.6) is 0 Å². The van der Waals surface area contributed by atoms with E-state index in [4.69, 9.17) is 5.26 Å². The lowest BCUT2D eigenvalue weighted by molar-refractivity contribution is -0.141. The van der Waals surface area contributed by atoms with Crippen LogP contribution in [0, 0.1) is 11.3 Å². The van der Waals surface area contributed by atoms with Gasteiger partial charge in [-0.1, -0.05) is 0 Å². The molecule has 7 heteroatoms. The first-order chi connectivity index (χ1) is 7.28.